The lowest BCUT2D eigenvalue weighted by molar-refractivity contribution is 0.0784. The molecule has 0 aliphatic heterocycles. The van der Waals surface area contributed by atoms with Gasteiger partial charge in [-0.3, -0.25) is 9.52 Å². The van der Waals surface area contributed by atoms with E-state index in [1.54, 1.807) is 52.5 Å². The number of carbonyl (C=O) groups excluding carboxylic acids is 1. The summed E-state index contributed by atoms with van der Waals surface area (Å²) < 4.78 is 39.6. The highest BCUT2D eigenvalue weighted by atomic mass is 32.2. The summed E-state index contributed by atoms with van der Waals surface area (Å²) in [6, 6.07) is 15.7. The molecular weight excluding hydrogens is 452 g/mol. The Labute approximate surface area is 201 Å². The molecule has 180 valence electrons. The number of methoxy groups -OCH3 is 2. The molecule has 0 radical (unpaired) electrons. The van der Waals surface area contributed by atoms with Crippen LogP contribution in [0.3, 0.4) is 0 Å². The van der Waals surface area contributed by atoms with Crippen molar-refractivity contribution >= 4 is 21.6 Å². The number of hydrogen-bond donors (Lipinski definition) is 1. The maximum absolute atomic E-state index is 13.2. The fraction of sp³-hybridized carbons (Fsp3) is 0.269. The number of carbonyl (C=O) groups is 1. The number of sulfonamides is 1. The molecule has 3 aromatic carbocycles. The molecule has 0 saturated heterocycles. The number of aryl methyl sites for hydroxylation is 3. The molecule has 0 unspecified atom stereocenters. The SMILES string of the molecule is COc1ccc(CN(C)C(=O)c2ccc(C)c(S(=O)(=O)Nc3cc(C)ccc3C)c2)cc1OC. The molecule has 8 heteroatoms. The number of hydrogen-bond acceptors (Lipinski definition) is 5. The Kier molecular flexibility index (Phi) is 7.51. The van der Waals surface area contributed by atoms with E-state index in [0.29, 0.717) is 29.3 Å². The lowest BCUT2D eigenvalue weighted by Crippen LogP contribution is -2.26. The van der Waals surface area contributed by atoms with E-state index in [4.69, 9.17) is 9.47 Å². The molecule has 0 heterocycles. The molecule has 7 nitrogen and oxygen atoms in total. The van der Waals surface area contributed by atoms with Crippen LogP contribution in [0.25, 0.3) is 0 Å². The first kappa shape index (κ1) is 25.1. The largest absolute Gasteiger partial charge is 0.493 e. The Morgan fingerprint density at radius 3 is 2.24 bits per heavy atom. The van der Waals surface area contributed by atoms with Crippen molar-refractivity contribution in [1.29, 1.82) is 0 Å². The third kappa shape index (κ3) is 5.51. The van der Waals surface area contributed by atoms with Gasteiger partial charge in [0.15, 0.2) is 11.5 Å². The fourth-order valence-electron chi connectivity index (χ4n) is 3.61. The van der Waals surface area contributed by atoms with Crippen LogP contribution < -0.4 is 14.2 Å². The van der Waals surface area contributed by atoms with E-state index < -0.39 is 10.0 Å². The molecule has 0 aliphatic rings. The lowest BCUT2D eigenvalue weighted by Gasteiger charge is -2.19. The van der Waals surface area contributed by atoms with Gasteiger partial charge >= 0.3 is 0 Å². The van der Waals surface area contributed by atoms with Gasteiger partial charge < -0.3 is 14.4 Å². The molecule has 0 bridgehead atoms. The van der Waals surface area contributed by atoms with E-state index in [1.807, 2.05) is 38.1 Å². The van der Waals surface area contributed by atoms with Crippen molar-refractivity contribution in [2.75, 3.05) is 26.0 Å². The molecule has 1 amide bonds. The van der Waals surface area contributed by atoms with E-state index in [1.165, 1.54) is 11.0 Å². The molecule has 0 spiro atoms. The summed E-state index contributed by atoms with van der Waals surface area (Å²) in [4.78, 5) is 14.7. The molecule has 3 rings (SSSR count). The predicted octanol–water partition coefficient (Wildman–Crippen LogP) is 4.70. The Morgan fingerprint density at radius 1 is 0.882 bits per heavy atom. The number of ether oxygens (including phenoxy) is 2. The number of anilines is 1. The second-order valence-corrected chi connectivity index (χ2v) is 9.91. The van der Waals surface area contributed by atoms with Gasteiger partial charge in [0.2, 0.25) is 0 Å². The Balaban J connectivity index is 1.86. The first-order chi connectivity index (χ1) is 16.1. The zero-order valence-corrected chi connectivity index (χ0v) is 21.1. The van der Waals surface area contributed by atoms with Crippen LogP contribution in [0.5, 0.6) is 11.5 Å². The van der Waals surface area contributed by atoms with E-state index in [9.17, 15) is 13.2 Å². The van der Waals surface area contributed by atoms with Crippen molar-refractivity contribution in [3.63, 3.8) is 0 Å². The van der Waals surface area contributed by atoms with E-state index in [0.717, 1.165) is 16.7 Å². The number of amides is 1. The van der Waals surface area contributed by atoms with E-state index in [2.05, 4.69) is 4.72 Å². The Bertz CT molecular complexity index is 1320. The molecule has 34 heavy (non-hydrogen) atoms. The van der Waals surface area contributed by atoms with Crippen molar-refractivity contribution < 1.29 is 22.7 Å². The highest BCUT2D eigenvalue weighted by Gasteiger charge is 2.22. The van der Waals surface area contributed by atoms with Crippen molar-refractivity contribution in [2.45, 2.75) is 32.2 Å². The van der Waals surface area contributed by atoms with Gasteiger partial charge in [-0.25, -0.2) is 8.42 Å². The minimum Gasteiger partial charge on any atom is -0.493 e. The van der Waals surface area contributed by atoms with Crippen LogP contribution in [0.1, 0.15) is 32.6 Å². The monoisotopic (exact) mass is 482 g/mol. The second kappa shape index (κ2) is 10.2. The summed E-state index contributed by atoms with van der Waals surface area (Å²) in [5.74, 6) is 0.880. The van der Waals surface area contributed by atoms with Gasteiger partial charge in [0.25, 0.3) is 15.9 Å². The molecule has 0 fully saturated rings. The molecule has 0 atom stereocenters. The predicted molar refractivity (Wildman–Crippen MR) is 133 cm³/mol. The van der Waals surface area contributed by atoms with Gasteiger partial charge in [0.05, 0.1) is 24.8 Å². The van der Waals surface area contributed by atoms with Crippen LogP contribution >= 0.6 is 0 Å². The summed E-state index contributed by atoms with van der Waals surface area (Å²) >= 11 is 0. The molecule has 0 saturated carbocycles. The molecular formula is C26H30N2O5S. The smallest absolute Gasteiger partial charge is 0.262 e. The molecule has 1 N–H and O–H groups in total. The number of nitrogens with zero attached hydrogens (tertiary/aromatic N) is 1. The van der Waals surface area contributed by atoms with Crippen LogP contribution in [0.15, 0.2) is 59.5 Å². The summed E-state index contributed by atoms with van der Waals surface area (Å²) in [6.07, 6.45) is 0. The van der Waals surface area contributed by atoms with Crippen molar-refractivity contribution in [3.05, 3.63) is 82.4 Å². The van der Waals surface area contributed by atoms with E-state index >= 15 is 0 Å². The molecule has 0 aromatic heterocycles. The standard InChI is InChI=1S/C26H30N2O5S/c1-17-7-8-18(2)22(13-17)27-34(30,31)25-15-21(11-9-19(25)3)26(29)28(4)16-20-10-12-23(32-5)24(14-20)33-6/h7-15,27H,16H2,1-6H3. The van der Waals surface area contributed by atoms with Crippen LogP contribution in [0.4, 0.5) is 5.69 Å². The minimum atomic E-state index is -3.89. The average molecular weight is 483 g/mol. The normalized spacial score (nSPS) is 11.1. The number of rotatable bonds is 8. The van der Waals surface area contributed by atoms with Crippen LogP contribution in [0.2, 0.25) is 0 Å². The van der Waals surface area contributed by atoms with Gasteiger partial charge in [0.1, 0.15) is 0 Å². The van der Waals surface area contributed by atoms with Gasteiger partial charge in [-0.2, -0.15) is 0 Å². The van der Waals surface area contributed by atoms with Crippen molar-refractivity contribution in [1.82, 2.24) is 4.90 Å². The van der Waals surface area contributed by atoms with E-state index in [-0.39, 0.29) is 16.4 Å². The van der Waals surface area contributed by atoms with Crippen LogP contribution in [0, 0.1) is 20.8 Å². The minimum absolute atomic E-state index is 0.0683. The van der Waals surface area contributed by atoms with Crippen LogP contribution in [-0.2, 0) is 16.6 Å². The van der Waals surface area contributed by atoms with Crippen molar-refractivity contribution in [2.24, 2.45) is 0 Å². The number of nitrogens with one attached hydrogen (secondary N) is 1. The molecule has 3 aromatic rings. The third-order valence-corrected chi connectivity index (χ3v) is 7.08. The van der Waals surface area contributed by atoms with Crippen molar-refractivity contribution in [3.8, 4) is 11.5 Å². The summed E-state index contributed by atoms with van der Waals surface area (Å²) in [5, 5.41) is 0. The van der Waals surface area contributed by atoms with Gasteiger partial charge in [-0.15, -0.1) is 0 Å². The van der Waals surface area contributed by atoms with Gasteiger partial charge in [-0.1, -0.05) is 24.3 Å². The summed E-state index contributed by atoms with van der Waals surface area (Å²) in [6.45, 7) is 5.76. The quantitative estimate of drug-likeness (QED) is 0.503. The second-order valence-electron chi connectivity index (χ2n) is 8.25. The summed E-state index contributed by atoms with van der Waals surface area (Å²) in [5.41, 5.74) is 3.97. The molecule has 0 aliphatic carbocycles. The zero-order chi connectivity index (χ0) is 25.0. The fourth-order valence-corrected chi connectivity index (χ4v) is 5.01. The highest BCUT2D eigenvalue weighted by molar-refractivity contribution is 7.92. The zero-order valence-electron chi connectivity index (χ0n) is 20.3. The number of benzene rings is 3. The van der Waals surface area contributed by atoms with Crippen LogP contribution in [-0.4, -0.2) is 40.5 Å². The lowest BCUT2D eigenvalue weighted by atomic mass is 10.1. The van der Waals surface area contributed by atoms with Gasteiger partial charge in [0, 0.05) is 19.2 Å². The Morgan fingerprint density at radius 2 is 1.56 bits per heavy atom. The maximum atomic E-state index is 13.2. The highest BCUT2D eigenvalue weighted by Crippen LogP contribution is 2.28. The summed E-state index contributed by atoms with van der Waals surface area (Å²) in [7, 11) is 0.890. The van der Waals surface area contributed by atoms with Gasteiger partial charge in [-0.05, 0) is 73.4 Å². The first-order valence-corrected chi connectivity index (χ1v) is 12.2. The third-order valence-electron chi connectivity index (χ3n) is 5.58. The topological polar surface area (TPSA) is 84.9 Å². The average Bonchev–Trinajstić information content (AvgIpc) is 2.80. The Hall–Kier alpha value is -3.52. The maximum Gasteiger partial charge on any atom is 0.262 e. The first-order valence-electron chi connectivity index (χ1n) is 10.7.